The number of hydrogen-bond acceptors (Lipinski definition) is 2. The van der Waals surface area contributed by atoms with Gasteiger partial charge in [0.05, 0.1) is 0 Å². The number of nitrogens with zero attached hydrogens (tertiary/aromatic N) is 1. The maximum atomic E-state index is 5.40. The van der Waals surface area contributed by atoms with Gasteiger partial charge in [-0.1, -0.05) is 33.6 Å². The van der Waals surface area contributed by atoms with Crippen LogP contribution in [-0.4, -0.2) is 18.5 Å². The summed E-state index contributed by atoms with van der Waals surface area (Å²) in [5.74, 6) is 6.73. The summed E-state index contributed by atoms with van der Waals surface area (Å²) in [4.78, 5) is 4.36. The Morgan fingerprint density at radius 2 is 2.00 bits per heavy atom. The van der Waals surface area contributed by atoms with Gasteiger partial charge in [-0.15, -0.1) is 0 Å². The predicted molar refractivity (Wildman–Crippen MR) is 66.6 cm³/mol. The Morgan fingerprint density at radius 3 is 2.47 bits per heavy atom. The van der Waals surface area contributed by atoms with E-state index in [1.165, 1.54) is 0 Å². The fraction of sp³-hybridized carbons (Fsp3) is 0.909. The van der Waals surface area contributed by atoms with Crippen molar-refractivity contribution in [3.05, 3.63) is 0 Å². The van der Waals surface area contributed by atoms with Crippen LogP contribution < -0.4 is 16.6 Å². The molecule has 0 spiro atoms. The highest BCUT2D eigenvalue weighted by Crippen LogP contribution is 2.06. The lowest BCUT2D eigenvalue weighted by molar-refractivity contribution is 0.433. The Kier molecular flexibility index (Phi) is 8.09. The highest BCUT2D eigenvalue weighted by Gasteiger charge is 2.10. The van der Waals surface area contributed by atoms with Gasteiger partial charge in [-0.05, 0) is 19.3 Å². The maximum absolute atomic E-state index is 5.40. The Labute approximate surface area is 93.7 Å². The van der Waals surface area contributed by atoms with Gasteiger partial charge in [-0.25, -0.2) is 5.84 Å². The summed E-state index contributed by atoms with van der Waals surface area (Å²) in [6.45, 7) is 9.54. The summed E-state index contributed by atoms with van der Waals surface area (Å²) in [5, 5.41) is 3.29. The molecule has 0 fully saturated rings. The molecule has 0 aromatic rings. The number of hydrogen-bond donors (Lipinski definition) is 3. The summed E-state index contributed by atoms with van der Waals surface area (Å²) in [7, 11) is 0. The van der Waals surface area contributed by atoms with Crippen LogP contribution in [0.3, 0.4) is 0 Å². The third kappa shape index (κ3) is 6.33. The van der Waals surface area contributed by atoms with Crippen molar-refractivity contribution in [2.45, 2.75) is 53.0 Å². The molecule has 0 heterocycles. The van der Waals surface area contributed by atoms with Crippen molar-refractivity contribution in [3.63, 3.8) is 0 Å². The second-order valence-corrected chi connectivity index (χ2v) is 4.05. The molecule has 0 aromatic heterocycles. The molecule has 4 nitrogen and oxygen atoms in total. The monoisotopic (exact) mass is 214 g/mol. The van der Waals surface area contributed by atoms with E-state index in [9.17, 15) is 0 Å². The highest BCUT2D eigenvalue weighted by atomic mass is 15.3. The van der Waals surface area contributed by atoms with Crippen molar-refractivity contribution >= 4 is 5.96 Å². The summed E-state index contributed by atoms with van der Waals surface area (Å²) in [6, 6.07) is 0.395. The zero-order valence-corrected chi connectivity index (χ0v) is 10.5. The summed E-state index contributed by atoms with van der Waals surface area (Å²) in [5.41, 5.74) is 2.61. The largest absolute Gasteiger partial charge is 0.353 e. The van der Waals surface area contributed by atoms with Crippen molar-refractivity contribution in [2.24, 2.45) is 16.8 Å². The van der Waals surface area contributed by atoms with Crippen LogP contribution in [0, 0.1) is 5.92 Å². The molecule has 90 valence electrons. The van der Waals surface area contributed by atoms with Gasteiger partial charge in [0.15, 0.2) is 0 Å². The van der Waals surface area contributed by atoms with Crippen LogP contribution in [0.25, 0.3) is 0 Å². The molecule has 15 heavy (non-hydrogen) atoms. The van der Waals surface area contributed by atoms with Gasteiger partial charge in [-0.3, -0.25) is 10.4 Å². The van der Waals surface area contributed by atoms with Crippen LogP contribution in [0.5, 0.6) is 0 Å². The van der Waals surface area contributed by atoms with E-state index >= 15 is 0 Å². The molecule has 4 N–H and O–H groups in total. The van der Waals surface area contributed by atoms with Gasteiger partial charge in [0.25, 0.3) is 0 Å². The highest BCUT2D eigenvalue weighted by molar-refractivity contribution is 5.79. The molecule has 0 aliphatic heterocycles. The molecule has 0 rings (SSSR count). The Hall–Kier alpha value is -0.770. The van der Waals surface area contributed by atoms with Crippen molar-refractivity contribution in [1.82, 2.24) is 10.7 Å². The lowest BCUT2D eigenvalue weighted by Crippen LogP contribution is -2.47. The average molecular weight is 214 g/mol. The zero-order chi connectivity index (χ0) is 11.7. The van der Waals surface area contributed by atoms with E-state index in [4.69, 9.17) is 5.84 Å². The van der Waals surface area contributed by atoms with E-state index in [0.29, 0.717) is 17.9 Å². The molecule has 0 amide bonds. The van der Waals surface area contributed by atoms with E-state index in [2.05, 4.69) is 43.4 Å². The molecular weight excluding hydrogens is 188 g/mol. The molecule has 0 aromatic carbocycles. The van der Waals surface area contributed by atoms with E-state index in [1.54, 1.807) is 0 Å². The van der Waals surface area contributed by atoms with Crippen LogP contribution in [0.1, 0.15) is 47.0 Å². The second kappa shape index (κ2) is 8.53. The number of nitrogens with two attached hydrogens (primary N) is 1. The Morgan fingerprint density at radius 1 is 1.33 bits per heavy atom. The smallest absolute Gasteiger partial charge is 0.205 e. The maximum Gasteiger partial charge on any atom is 0.205 e. The summed E-state index contributed by atoms with van der Waals surface area (Å²) >= 11 is 0. The molecule has 0 radical (unpaired) electrons. The van der Waals surface area contributed by atoms with Gasteiger partial charge in [0.1, 0.15) is 0 Å². The van der Waals surface area contributed by atoms with E-state index in [1.807, 2.05) is 0 Å². The van der Waals surface area contributed by atoms with Gasteiger partial charge < -0.3 is 5.32 Å². The fourth-order valence-corrected chi connectivity index (χ4v) is 1.19. The van der Waals surface area contributed by atoms with Crippen molar-refractivity contribution in [2.75, 3.05) is 6.54 Å². The van der Waals surface area contributed by atoms with Gasteiger partial charge in [-0.2, -0.15) is 0 Å². The first kappa shape index (κ1) is 14.2. The molecule has 2 atom stereocenters. The van der Waals surface area contributed by atoms with Crippen LogP contribution in [-0.2, 0) is 0 Å². The van der Waals surface area contributed by atoms with Crippen molar-refractivity contribution in [3.8, 4) is 0 Å². The first-order chi connectivity index (χ1) is 7.15. The Balaban J connectivity index is 4.02. The number of nitrogens with one attached hydrogen (secondary N) is 2. The topological polar surface area (TPSA) is 62.4 Å². The summed E-state index contributed by atoms with van der Waals surface area (Å²) < 4.78 is 0. The first-order valence-electron chi connectivity index (χ1n) is 5.93. The van der Waals surface area contributed by atoms with E-state index < -0.39 is 0 Å². The third-order valence-electron chi connectivity index (χ3n) is 2.78. The Bertz CT molecular complexity index is 179. The minimum absolute atomic E-state index is 0.395. The predicted octanol–water partition coefficient (Wildman–Crippen LogP) is 1.63. The van der Waals surface area contributed by atoms with Crippen molar-refractivity contribution < 1.29 is 0 Å². The van der Waals surface area contributed by atoms with Crippen LogP contribution in [0.15, 0.2) is 4.99 Å². The van der Waals surface area contributed by atoms with Crippen molar-refractivity contribution in [1.29, 1.82) is 0 Å². The minimum atomic E-state index is 0.395. The van der Waals surface area contributed by atoms with Crippen LogP contribution in [0.2, 0.25) is 0 Å². The molecule has 0 saturated carbocycles. The molecular formula is C11H26N4. The van der Waals surface area contributed by atoms with Gasteiger partial charge in [0.2, 0.25) is 5.96 Å². The van der Waals surface area contributed by atoms with Gasteiger partial charge in [0, 0.05) is 12.6 Å². The minimum Gasteiger partial charge on any atom is -0.353 e. The van der Waals surface area contributed by atoms with Crippen LogP contribution >= 0.6 is 0 Å². The van der Waals surface area contributed by atoms with Crippen LogP contribution in [0.4, 0.5) is 0 Å². The average Bonchev–Trinajstić information content (AvgIpc) is 2.26. The first-order valence-corrected chi connectivity index (χ1v) is 5.93. The number of hydrazine groups is 1. The SMILES string of the molecule is CCCCN=C(NN)NC(C)C(C)CC. The van der Waals surface area contributed by atoms with E-state index in [-0.39, 0.29) is 0 Å². The fourth-order valence-electron chi connectivity index (χ4n) is 1.19. The number of rotatable bonds is 6. The molecule has 0 aliphatic carbocycles. The normalized spacial score (nSPS) is 15.9. The molecule has 2 unspecified atom stereocenters. The molecule has 0 aliphatic rings. The number of unbranched alkanes of at least 4 members (excludes halogenated alkanes) is 1. The van der Waals surface area contributed by atoms with E-state index in [0.717, 1.165) is 25.8 Å². The number of guanidine groups is 1. The lowest BCUT2D eigenvalue weighted by atomic mass is 10.0. The standard InChI is InChI=1S/C11H26N4/c1-5-7-8-13-11(15-12)14-10(4)9(3)6-2/h9-10H,5-8,12H2,1-4H3,(H2,13,14,15). The summed E-state index contributed by atoms with van der Waals surface area (Å²) in [6.07, 6.45) is 3.41. The van der Waals surface area contributed by atoms with Gasteiger partial charge >= 0.3 is 0 Å². The number of aliphatic imine (C=N–C) groups is 1. The molecule has 4 heteroatoms. The molecule has 0 bridgehead atoms. The molecule has 0 saturated heterocycles. The third-order valence-corrected chi connectivity index (χ3v) is 2.78. The lowest BCUT2D eigenvalue weighted by Gasteiger charge is -2.21. The zero-order valence-electron chi connectivity index (χ0n) is 10.5. The second-order valence-electron chi connectivity index (χ2n) is 4.05. The quantitative estimate of drug-likeness (QED) is 0.207.